The zero-order valence-electron chi connectivity index (χ0n) is 12.6. The first-order valence-corrected chi connectivity index (χ1v) is 7.96. The lowest BCUT2D eigenvalue weighted by Crippen LogP contribution is -2.54. The van der Waals surface area contributed by atoms with Crippen LogP contribution in [-0.2, 0) is 0 Å². The highest BCUT2D eigenvalue weighted by molar-refractivity contribution is 7.80. The summed E-state index contributed by atoms with van der Waals surface area (Å²) in [7, 11) is 0. The molecule has 114 valence electrons. The SMILES string of the molecule is C=C(C)CNC(=S)NNC(=S)N[C@@H]1CCC[C@H](C)[C@@H]1C. The Kier molecular flexibility index (Phi) is 7.23. The summed E-state index contributed by atoms with van der Waals surface area (Å²) in [6.07, 6.45) is 3.75. The van der Waals surface area contributed by atoms with Gasteiger partial charge in [0, 0.05) is 12.6 Å². The van der Waals surface area contributed by atoms with Gasteiger partial charge in [0.15, 0.2) is 10.2 Å². The normalized spacial score (nSPS) is 25.4. The maximum atomic E-state index is 5.29. The van der Waals surface area contributed by atoms with E-state index in [1.165, 1.54) is 19.3 Å². The van der Waals surface area contributed by atoms with Gasteiger partial charge in [-0.2, -0.15) is 0 Å². The Morgan fingerprint density at radius 2 is 1.80 bits per heavy atom. The minimum atomic E-state index is 0.442. The number of thiocarbonyl (C=S) groups is 2. The van der Waals surface area contributed by atoms with Crippen molar-refractivity contribution in [2.24, 2.45) is 11.8 Å². The number of hydrogen-bond donors (Lipinski definition) is 4. The van der Waals surface area contributed by atoms with Crippen LogP contribution in [0.2, 0.25) is 0 Å². The smallest absolute Gasteiger partial charge is 0.185 e. The fourth-order valence-corrected chi connectivity index (χ4v) is 2.70. The van der Waals surface area contributed by atoms with Crippen LogP contribution < -0.4 is 21.5 Å². The van der Waals surface area contributed by atoms with E-state index in [4.69, 9.17) is 24.4 Å². The topological polar surface area (TPSA) is 48.1 Å². The number of nitrogens with one attached hydrogen (secondary N) is 4. The van der Waals surface area contributed by atoms with Crippen LogP contribution in [0.15, 0.2) is 12.2 Å². The van der Waals surface area contributed by atoms with Gasteiger partial charge in [-0.15, -0.1) is 0 Å². The van der Waals surface area contributed by atoms with E-state index in [0.717, 1.165) is 11.5 Å². The van der Waals surface area contributed by atoms with Gasteiger partial charge < -0.3 is 10.6 Å². The van der Waals surface area contributed by atoms with E-state index < -0.39 is 0 Å². The third-order valence-corrected chi connectivity index (χ3v) is 4.33. The molecule has 0 unspecified atom stereocenters. The molecule has 4 N–H and O–H groups in total. The largest absolute Gasteiger partial charge is 0.358 e. The van der Waals surface area contributed by atoms with Crippen molar-refractivity contribution in [3.8, 4) is 0 Å². The van der Waals surface area contributed by atoms with E-state index in [2.05, 4.69) is 41.9 Å². The van der Waals surface area contributed by atoms with Crippen LogP contribution >= 0.6 is 24.4 Å². The lowest BCUT2D eigenvalue weighted by atomic mass is 9.78. The van der Waals surface area contributed by atoms with Crippen molar-refractivity contribution in [2.45, 2.75) is 46.1 Å². The zero-order valence-corrected chi connectivity index (χ0v) is 14.2. The van der Waals surface area contributed by atoms with Crippen LogP contribution in [0.4, 0.5) is 0 Å². The summed E-state index contributed by atoms with van der Waals surface area (Å²) in [6, 6.07) is 0.442. The van der Waals surface area contributed by atoms with Crippen LogP contribution in [-0.4, -0.2) is 22.8 Å². The van der Waals surface area contributed by atoms with Crippen LogP contribution in [0.5, 0.6) is 0 Å². The molecule has 1 rings (SSSR count). The lowest BCUT2D eigenvalue weighted by molar-refractivity contribution is 0.224. The van der Waals surface area contributed by atoms with E-state index in [0.29, 0.717) is 28.7 Å². The van der Waals surface area contributed by atoms with Crippen molar-refractivity contribution in [1.82, 2.24) is 21.5 Å². The molecular formula is C14H26N4S2. The van der Waals surface area contributed by atoms with E-state index >= 15 is 0 Å². The third kappa shape index (κ3) is 6.05. The van der Waals surface area contributed by atoms with Gasteiger partial charge in [-0.25, -0.2) is 0 Å². The Balaban J connectivity index is 2.26. The highest BCUT2D eigenvalue weighted by atomic mass is 32.1. The third-order valence-electron chi connectivity index (χ3n) is 3.86. The molecule has 0 amide bonds. The molecule has 1 saturated carbocycles. The molecule has 0 radical (unpaired) electrons. The van der Waals surface area contributed by atoms with Crippen molar-refractivity contribution >= 4 is 34.7 Å². The fraction of sp³-hybridized carbons (Fsp3) is 0.714. The molecule has 3 atom stereocenters. The molecule has 4 nitrogen and oxygen atoms in total. The summed E-state index contributed by atoms with van der Waals surface area (Å²) in [5.41, 5.74) is 6.83. The predicted octanol–water partition coefficient (Wildman–Crippen LogP) is 2.23. The Morgan fingerprint density at radius 3 is 2.45 bits per heavy atom. The van der Waals surface area contributed by atoms with Crippen LogP contribution in [0, 0.1) is 11.8 Å². The molecule has 1 aliphatic rings. The standard InChI is InChI=1S/C14H26N4S2/c1-9(2)8-15-13(19)17-18-14(20)16-12-7-5-6-10(3)11(12)4/h10-12H,1,5-8H2,2-4H3,(H2,15,17,19)(H2,16,18,20)/t10-,11-,12+/m0/s1. The van der Waals surface area contributed by atoms with Gasteiger partial charge >= 0.3 is 0 Å². The molecule has 0 saturated heterocycles. The molecule has 0 spiro atoms. The Labute approximate surface area is 133 Å². The molecule has 0 heterocycles. The van der Waals surface area contributed by atoms with E-state index in [1.807, 2.05) is 6.92 Å². The molecule has 1 aliphatic carbocycles. The minimum absolute atomic E-state index is 0.442. The first-order valence-electron chi connectivity index (χ1n) is 7.15. The summed E-state index contributed by atoms with van der Waals surface area (Å²) < 4.78 is 0. The van der Waals surface area contributed by atoms with Gasteiger partial charge in [0.2, 0.25) is 0 Å². The summed E-state index contributed by atoms with van der Waals surface area (Å²) in [4.78, 5) is 0. The van der Waals surface area contributed by atoms with Crippen molar-refractivity contribution < 1.29 is 0 Å². The minimum Gasteiger partial charge on any atom is -0.358 e. The van der Waals surface area contributed by atoms with Crippen molar-refractivity contribution in [1.29, 1.82) is 0 Å². The second kappa shape index (κ2) is 8.42. The molecule has 0 bridgehead atoms. The fourth-order valence-electron chi connectivity index (χ4n) is 2.38. The van der Waals surface area contributed by atoms with Gasteiger partial charge in [0.1, 0.15) is 0 Å². The average Bonchev–Trinajstić information content (AvgIpc) is 2.39. The summed E-state index contributed by atoms with van der Waals surface area (Å²) >= 11 is 10.4. The molecule has 0 aromatic rings. The Morgan fingerprint density at radius 1 is 1.15 bits per heavy atom. The Hall–Kier alpha value is -0.880. The maximum Gasteiger partial charge on any atom is 0.185 e. The molecule has 0 aromatic heterocycles. The van der Waals surface area contributed by atoms with Crippen molar-refractivity contribution in [2.75, 3.05) is 6.54 Å². The van der Waals surface area contributed by atoms with Crippen LogP contribution in [0.25, 0.3) is 0 Å². The highest BCUT2D eigenvalue weighted by Gasteiger charge is 2.27. The van der Waals surface area contributed by atoms with Crippen molar-refractivity contribution in [3.63, 3.8) is 0 Å². The van der Waals surface area contributed by atoms with Crippen LogP contribution in [0.1, 0.15) is 40.0 Å². The highest BCUT2D eigenvalue weighted by Crippen LogP contribution is 2.29. The molecule has 20 heavy (non-hydrogen) atoms. The second-order valence-electron chi connectivity index (χ2n) is 5.74. The quantitative estimate of drug-likeness (QED) is 0.364. The predicted molar refractivity (Wildman–Crippen MR) is 93.4 cm³/mol. The van der Waals surface area contributed by atoms with E-state index in [9.17, 15) is 0 Å². The second-order valence-corrected chi connectivity index (χ2v) is 6.55. The summed E-state index contributed by atoms with van der Waals surface area (Å²) in [5, 5.41) is 7.51. The monoisotopic (exact) mass is 314 g/mol. The number of hydrazine groups is 1. The number of rotatable bonds is 3. The Bertz CT molecular complexity index is 370. The van der Waals surface area contributed by atoms with Gasteiger partial charge in [0.05, 0.1) is 0 Å². The lowest BCUT2D eigenvalue weighted by Gasteiger charge is -2.35. The molecule has 0 aliphatic heterocycles. The van der Waals surface area contributed by atoms with Crippen LogP contribution in [0.3, 0.4) is 0 Å². The van der Waals surface area contributed by atoms with E-state index in [-0.39, 0.29) is 0 Å². The molecule has 0 aromatic carbocycles. The zero-order chi connectivity index (χ0) is 15.1. The van der Waals surface area contributed by atoms with Gasteiger partial charge in [-0.3, -0.25) is 10.9 Å². The number of hydrogen-bond acceptors (Lipinski definition) is 2. The summed E-state index contributed by atoms with van der Waals surface area (Å²) in [6.45, 7) is 11.0. The van der Waals surface area contributed by atoms with Gasteiger partial charge in [-0.05, 0) is 49.6 Å². The first-order chi connectivity index (χ1) is 9.40. The molecular weight excluding hydrogens is 288 g/mol. The molecule has 6 heteroatoms. The van der Waals surface area contributed by atoms with Gasteiger partial charge in [0.25, 0.3) is 0 Å². The van der Waals surface area contributed by atoms with Crippen molar-refractivity contribution in [3.05, 3.63) is 12.2 Å². The van der Waals surface area contributed by atoms with Gasteiger partial charge in [-0.1, -0.05) is 38.8 Å². The first kappa shape index (κ1) is 17.2. The van der Waals surface area contributed by atoms with E-state index in [1.54, 1.807) is 0 Å². The molecule has 1 fully saturated rings. The summed E-state index contributed by atoms with van der Waals surface area (Å²) in [5.74, 6) is 1.38. The average molecular weight is 315 g/mol. The maximum absolute atomic E-state index is 5.29.